The number of hydrogen-bond acceptors (Lipinski definition) is 4. The van der Waals surface area contributed by atoms with Gasteiger partial charge in [-0.3, -0.25) is 14.4 Å². The maximum absolute atomic E-state index is 12.2. The number of hydrogen-bond donors (Lipinski definition) is 5. The smallest absolute Gasteiger partial charge is 0.312 e. The van der Waals surface area contributed by atoms with Crippen LogP contribution in [0.15, 0.2) is 0 Å². The molecule has 0 heterocycles. The molecule has 7 N–H and O–H groups in total. The summed E-state index contributed by atoms with van der Waals surface area (Å²) in [7, 11) is 0. The van der Waals surface area contributed by atoms with Crippen molar-refractivity contribution in [3.05, 3.63) is 0 Å². The molecule has 0 spiro atoms. The molecular weight excluding hydrogens is 290 g/mol. The van der Waals surface area contributed by atoms with E-state index in [-0.39, 0.29) is 24.8 Å². The van der Waals surface area contributed by atoms with Gasteiger partial charge in [-0.2, -0.15) is 0 Å². The molecule has 0 aromatic carbocycles. The van der Waals surface area contributed by atoms with Gasteiger partial charge in [0.15, 0.2) is 0 Å². The molecular formula is C13H25N5O4. The number of nitrogens with two attached hydrogens (primary N) is 2. The number of carbonyl (C=O) groups excluding carboxylic acids is 4. The van der Waals surface area contributed by atoms with E-state index >= 15 is 0 Å². The fourth-order valence-corrected chi connectivity index (χ4v) is 1.82. The number of amides is 5. The minimum atomic E-state index is -0.878. The van der Waals surface area contributed by atoms with Gasteiger partial charge in [0.05, 0.1) is 0 Å². The average Bonchev–Trinajstić information content (AvgIpc) is 2.38. The van der Waals surface area contributed by atoms with Crippen molar-refractivity contribution in [2.75, 3.05) is 6.54 Å². The van der Waals surface area contributed by atoms with Gasteiger partial charge in [0.2, 0.25) is 17.7 Å². The molecule has 0 aliphatic heterocycles. The molecule has 22 heavy (non-hydrogen) atoms. The van der Waals surface area contributed by atoms with E-state index in [0.29, 0.717) is 6.42 Å². The monoisotopic (exact) mass is 315 g/mol. The summed E-state index contributed by atoms with van der Waals surface area (Å²) in [5.41, 5.74) is 10.2. The summed E-state index contributed by atoms with van der Waals surface area (Å²) in [5, 5.41) is 7.43. The van der Waals surface area contributed by atoms with E-state index in [2.05, 4.69) is 16.0 Å². The Morgan fingerprint density at radius 3 is 2.05 bits per heavy atom. The molecule has 0 saturated carbocycles. The van der Waals surface area contributed by atoms with Crippen LogP contribution in [-0.2, 0) is 14.4 Å². The van der Waals surface area contributed by atoms with Crippen molar-refractivity contribution in [2.24, 2.45) is 17.4 Å². The number of primary amides is 2. The largest absolute Gasteiger partial charge is 0.368 e. The Bertz CT molecular complexity index is 425. The van der Waals surface area contributed by atoms with Gasteiger partial charge in [-0.15, -0.1) is 0 Å². The van der Waals surface area contributed by atoms with Gasteiger partial charge in [0.1, 0.15) is 12.1 Å². The SMILES string of the molecule is CC(=O)N[C@H](C(=O)N[C@@H](CCCNC(N)=O)C(N)=O)C(C)C. The highest BCUT2D eigenvalue weighted by atomic mass is 16.2. The first-order chi connectivity index (χ1) is 10.1. The van der Waals surface area contributed by atoms with Crippen molar-refractivity contribution in [3.63, 3.8) is 0 Å². The number of rotatable bonds is 9. The summed E-state index contributed by atoms with van der Waals surface area (Å²) in [6.45, 7) is 5.13. The normalized spacial score (nSPS) is 13.1. The molecule has 0 unspecified atom stereocenters. The quantitative estimate of drug-likeness (QED) is 0.330. The first-order valence-corrected chi connectivity index (χ1v) is 7.05. The number of nitrogens with one attached hydrogen (secondary N) is 3. The Kier molecular flexibility index (Phi) is 8.58. The van der Waals surface area contributed by atoms with Crippen molar-refractivity contribution in [2.45, 2.75) is 45.7 Å². The standard InChI is InChI=1S/C13H25N5O4/c1-7(2)10(17-8(3)19)12(21)18-9(11(14)20)5-4-6-16-13(15)22/h7,9-10H,4-6H2,1-3H3,(H2,14,20)(H,17,19)(H,18,21)(H3,15,16,22)/t9-,10-/m0/s1. The minimum absolute atomic E-state index is 0.144. The second kappa shape index (κ2) is 9.59. The van der Waals surface area contributed by atoms with Gasteiger partial charge in [-0.1, -0.05) is 13.8 Å². The summed E-state index contributed by atoms with van der Waals surface area (Å²) >= 11 is 0. The van der Waals surface area contributed by atoms with Crippen LogP contribution in [0.2, 0.25) is 0 Å². The Labute approximate surface area is 129 Å². The Morgan fingerprint density at radius 2 is 1.64 bits per heavy atom. The lowest BCUT2D eigenvalue weighted by Crippen LogP contribution is -2.54. The highest BCUT2D eigenvalue weighted by Crippen LogP contribution is 2.04. The highest BCUT2D eigenvalue weighted by molar-refractivity contribution is 5.91. The van der Waals surface area contributed by atoms with Crippen LogP contribution >= 0.6 is 0 Å². The molecule has 0 radical (unpaired) electrons. The zero-order valence-corrected chi connectivity index (χ0v) is 13.1. The molecule has 0 aliphatic rings. The summed E-state index contributed by atoms with van der Waals surface area (Å²) in [5.74, 6) is -1.64. The summed E-state index contributed by atoms with van der Waals surface area (Å²) < 4.78 is 0. The van der Waals surface area contributed by atoms with Crippen LogP contribution in [0.25, 0.3) is 0 Å². The fraction of sp³-hybridized carbons (Fsp3) is 0.692. The van der Waals surface area contributed by atoms with Gasteiger partial charge in [-0.05, 0) is 18.8 Å². The molecule has 0 bridgehead atoms. The number of urea groups is 1. The third kappa shape index (κ3) is 8.08. The molecule has 5 amide bonds. The summed E-state index contributed by atoms with van der Waals surface area (Å²) in [4.78, 5) is 45.2. The molecule has 0 aromatic heterocycles. The third-order valence-corrected chi connectivity index (χ3v) is 2.94. The number of carbonyl (C=O) groups is 4. The van der Waals surface area contributed by atoms with Crippen LogP contribution < -0.4 is 27.4 Å². The molecule has 0 fully saturated rings. The first-order valence-electron chi connectivity index (χ1n) is 7.05. The minimum Gasteiger partial charge on any atom is -0.368 e. The Balaban J connectivity index is 4.58. The summed E-state index contributed by atoms with van der Waals surface area (Å²) in [6, 6.07) is -2.29. The van der Waals surface area contributed by atoms with Crippen molar-refractivity contribution in [3.8, 4) is 0 Å². The van der Waals surface area contributed by atoms with Crippen LogP contribution in [0.1, 0.15) is 33.6 Å². The molecule has 2 atom stereocenters. The van der Waals surface area contributed by atoms with E-state index in [9.17, 15) is 19.2 Å². The van der Waals surface area contributed by atoms with E-state index < -0.39 is 29.9 Å². The van der Waals surface area contributed by atoms with Gasteiger partial charge in [-0.25, -0.2) is 4.79 Å². The lowest BCUT2D eigenvalue weighted by molar-refractivity contribution is -0.131. The van der Waals surface area contributed by atoms with Crippen molar-refractivity contribution in [1.29, 1.82) is 0 Å². The van der Waals surface area contributed by atoms with Crippen LogP contribution in [0, 0.1) is 5.92 Å². The van der Waals surface area contributed by atoms with E-state index in [1.807, 2.05) is 0 Å². The molecule has 0 aliphatic carbocycles. The van der Waals surface area contributed by atoms with Gasteiger partial charge >= 0.3 is 6.03 Å². The maximum Gasteiger partial charge on any atom is 0.312 e. The zero-order chi connectivity index (χ0) is 17.3. The van der Waals surface area contributed by atoms with Gasteiger partial charge in [0.25, 0.3) is 0 Å². The van der Waals surface area contributed by atoms with Crippen LogP contribution in [0.3, 0.4) is 0 Å². The van der Waals surface area contributed by atoms with Gasteiger partial charge < -0.3 is 27.4 Å². The summed E-state index contributed by atoms with van der Waals surface area (Å²) in [6.07, 6.45) is 0.676. The topological polar surface area (TPSA) is 156 Å². The second-order valence-electron chi connectivity index (χ2n) is 5.32. The van der Waals surface area contributed by atoms with Crippen LogP contribution in [0.5, 0.6) is 0 Å². The molecule has 9 nitrogen and oxygen atoms in total. The van der Waals surface area contributed by atoms with Crippen molar-refractivity contribution in [1.82, 2.24) is 16.0 Å². The molecule has 0 saturated heterocycles. The lowest BCUT2D eigenvalue weighted by atomic mass is 10.0. The molecule has 0 rings (SSSR count). The van der Waals surface area contributed by atoms with E-state index in [0.717, 1.165) is 0 Å². The predicted octanol–water partition coefficient (Wildman–Crippen LogP) is -1.43. The van der Waals surface area contributed by atoms with E-state index in [1.54, 1.807) is 13.8 Å². The molecule has 9 heteroatoms. The Hall–Kier alpha value is -2.32. The molecule has 126 valence electrons. The van der Waals surface area contributed by atoms with Crippen LogP contribution in [-0.4, -0.2) is 42.4 Å². The highest BCUT2D eigenvalue weighted by Gasteiger charge is 2.26. The molecule has 0 aromatic rings. The third-order valence-electron chi connectivity index (χ3n) is 2.94. The Morgan fingerprint density at radius 1 is 1.05 bits per heavy atom. The first kappa shape index (κ1) is 19.7. The van der Waals surface area contributed by atoms with E-state index in [4.69, 9.17) is 11.5 Å². The van der Waals surface area contributed by atoms with Crippen molar-refractivity contribution < 1.29 is 19.2 Å². The zero-order valence-electron chi connectivity index (χ0n) is 13.1. The maximum atomic E-state index is 12.2. The van der Waals surface area contributed by atoms with E-state index in [1.165, 1.54) is 6.92 Å². The predicted molar refractivity (Wildman–Crippen MR) is 80.4 cm³/mol. The second-order valence-corrected chi connectivity index (χ2v) is 5.32. The van der Waals surface area contributed by atoms with Crippen molar-refractivity contribution >= 4 is 23.8 Å². The fourth-order valence-electron chi connectivity index (χ4n) is 1.82. The van der Waals surface area contributed by atoms with Crippen LogP contribution in [0.4, 0.5) is 4.79 Å². The lowest BCUT2D eigenvalue weighted by Gasteiger charge is -2.24. The average molecular weight is 315 g/mol. The van der Waals surface area contributed by atoms with Gasteiger partial charge in [0, 0.05) is 13.5 Å².